The van der Waals surface area contributed by atoms with Crippen LogP contribution in [0.4, 0.5) is 18.0 Å². The molecule has 5 rings (SSSR count). The fraction of sp³-hybridized carbons (Fsp3) is 0.727. The molecule has 9 nitrogen and oxygen atoms in total. The number of aliphatic carboxylic acids is 1. The maximum Gasteiger partial charge on any atom is 0.490 e. The topological polar surface area (TPSA) is 99.6 Å². The Morgan fingerprint density at radius 3 is 2.18 bits per heavy atom. The number of unbranched alkanes of at least 4 members (excludes halogenated alkanes) is 1. The lowest BCUT2D eigenvalue weighted by Crippen LogP contribution is -2.56. The number of likely N-dealkylation sites (tertiary alicyclic amines) is 2. The van der Waals surface area contributed by atoms with E-state index in [1.807, 2.05) is 41.8 Å². The molecule has 0 aliphatic carbocycles. The summed E-state index contributed by atoms with van der Waals surface area (Å²) in [7, 11) is 0. The van der Waals surface area contributed by atoms with E-state index in [9.17, 15) is 22.8 Å². The van der Waals surface area contributed by atoms with E-state index in [-0.39, 0.29) is 29.7 Å². The molecule has 0 radical (unpaired) electrons. The average Bonchev–Trinajstić information content (AvgIpc) is 3.25. The van der Waals surface area contributed by atoms with Gasteiger partial charge in [0.25, 0.3) is 5.91 Å². The van der Waals surface area contributed by atoms with Gasteiger partial charge in [-0.15, -0.1) is 0 Å². The number of piperidine rings is 2. The Morgan fingerprint density at radius 2 is 1.64 bits per heavy atom. The quantitative estimate of drug-likeness (QED) is 0.393. The molecule has 12 heteroatoms. The van der Waals surface area contributed by atoms with E-state index >= 15 is 0 Å². The molecule has 4 aliphatic rings. The zero-order chi connectivity index (χ0) is 32.8. The molecular weight excluding hydrogens is 591 g/mol. The molecule has 4 saturated heterocycles. The van der Waals surface area contributed by atoms with Crippen LogP contribution >= 0.6 is 0 Å². The minimum Gasteiger partial charge on any atom is -0.475 e. The summed E-state index contributed by atoms with van der Waals surface area (Å²) in [4.78, 5) is 42.0. The number of aryl methyl sites for hydroxylation is 2. The summed E-state index contributed by atoms with van der Waals surface area (Å²) in [6.07, 6.45) is 5.33. The fourth-order valence-corrected chi connectivity index (χ4v) is 7.35. The Balaban J connectivity index is 0.000000591. The highest BCUT2D eigenvalue weighted by molar-refractivity contribution is 5.97. The van der Waals surface area contributed by atoms with Crippen LogP contribution in [-0.2, 0) is 14.3 Å². The fourth-order valence-electron chi connectivity index (χ4n) is 7.35. The predicted octanol–water partition coefficient (Wildman–Crippen LogP) is 5.96. The second kappa shape index (κ2) is 15.2. The maximum absolute atomic E-state index is 13.3. The number of halogens is 3. The molecule has 0 bridgehead atoms. The Kier molecular flexibility index (Phi) is 11.8. The van der Waals surface area contributed by atoms with Gasteiger partial charge in [-0.3, -0.25) is 14.6 Å². The SMILES string of the molecule is CCCCC1N(CC2CCCCO2)C(=O)OC12CCN(C1CCN(C(=O)c3c(C)cccc3C)CC1)CC2.O=C(O)C(F)(F)F. The van der Waals surface area contributed by atoms with Crippen LogP contribution in [0.3, 0.4) is 0 Å². The Bertz CT molecular complexity index is 1150. The number of hydrogen-bond donors (Lipinski definition) is 1. The molecule has 4 aliphatic heterocycles. The molecule has 1 spiro atoms. The molecule has 45 heavy (non-hydrogen) atoms. The van der Waals surface area contributed by atoms with E-state index in [4.69, 9.17) is 19.4 Å². The Labute approximate surface area is 264 Å². The average molecular weight is 640 g/mol. The molecule has 4 heterocycles. The first-order chi connectivity index (χ1) is 21.4. The first-order valence-corrected chi connectivity index (χ1v) is 16.4. The number of alkyl halides is 3. The van der Waals surface area contributed by atoms with Gasteiger partial charge in [0.2, 0.25) is 0 Å². The Morgan fingerprint density at radius 1 is 1.02 bits per heavy atom. The minimum atomic E-state index is -5.08. The van der Waals surface area contributed by atoms with Gasteiger partial charge >= 0.3 is 18.2 Å². The minimum absolute atomic E-state index is 0.132. The third kappa shape index (κ3) is 8.49. The van der Waals surface area contributed by atoms with Gasteiger partial charge in [0.1, 0.15) is 5.60 Å². The van der Waals surface area contributed by atoms with Gasteiger partial charge < -0.3 is 19.5 Å². The lowest BCUT2D eigenvalue weighted by molar-refractivity contribution is -0.192. The van der Waals surface area contributed by atoms with Crippen LogP contribution in [0.15, 0.2) is 18.2 Å². The number of carboxylic acids is 1. The number of ether oxygens (including phenoxy) is 2. The normalized spacial score (nSPS) is 24.3. The number of carbonyl (C=O) groups is 3. The van der Waals surface area contributed by atoms with Crippen LogP contribution in [0.2, 0.25) is 0 Å². The third-order valence-electron chi connectivity index (χ3n) is 9.86. The Hall–Kier alpha value is -2.86. The van der Waals surface area contributed by atoms with E-state index in [1.54, 1.807) is 0 Å². The van der Waals surface area contributed by atoms with Crippen molar-refractivity contribution in [2.24, 2.45) is 0 Å². The van der Waals surface area contributed by atoms with Gasteiger partial charge in [-0.05, 0) is 63.5 Å². The smallest absolute Gasteiger partial charge is 0.475 e. The molecule has 2 atom stereocenters. The molecule has 1 aromatic rings. The summed E-state index contributed by atoms with van der Waals surface area (Å²) >= 11 is 0. The second-order valence-electron chi connectivity index (χ2n) is 12.9. The van der Waals surface area contributed by atoms with E-state index in [0.29, 0.717) is 12.6 Å². The first kappa shape index (κ1) is 35.0. The summed E-state index contributed by atoms with van der Waals surface area (Å²) in [5.74, 6) is -2.58. The summed E-state index contributed by atoms with van der Waals surface area (Å²) in [6, 6.07) is 6.73. The number of carbonyl (C=O) groups excluding carboxylic acids is 2. The van der Waals surface area contributed by atoms with E-state index in [2.05, 4.69) is 11.8 Å². The van der Waals surface area contributed by atoms with Crippen molar-refractivity contribution in [2.75, 3.05) is 39.3 Å². The molecule has 0 saturated carbocycles. The number of nitrogens with zero attached hydrogens (tertiary/aromatic N) is 3. The highest BCUT2D eigenvalue weighted by Crippen LogP contribution is 2.42. The van der Waals surface area contributed by atoms with Crippen LogP contribution in [0.25, 0.3) is 0 Å². The molecule has 252 valence electrons. The van der Waals surface area contributed by atoms with Crippen LogP contribution in [0, 0.1) is 13.8 Å². The van der Waals surface area contributed by atoms with E-state index in [1.165, 1.54) is 6.42 Å². The highest BCUT2D eigenvalue weighted by Gasteiger charge is 2.55. The number of rotatable bonds is 7. The van der Waals surface area contributed by atoms with Crippen LogP contribution in [-0.4, -0.2) is 107 Å². The monoisotopic (exact) mass is 639 g/mol. The molecule has 1 aromatic carbocycles. The number of amides is 2. The molecule has 2 unspecified atom stereocenters. The summed E-state index contributed by atoms with van der Waals surface area (Å²) in [6.45, 7) is 11.3. The van der Waals surface area contributed by atoms with Gasteiger partial charge in [-0.25, -0.2) is 9.59 Å². The van der Waals surface area contributed by atoms with Crippen molar-refractivity contribution < 1.29 is 42.1 Å². The molecule has 2 amide bonds. The molecule has 4 fully saturated rings. The second-order valence-corrected chi connectivity index (χ2v) is 12.9. The van der Waals surface area contributed by atoms with Crippen molar-refractivity contribution in [2.45, 2.75) is 115 Å². The van der Waals surface area contributed by atoms with Crippen LogP contribution in [0.1, 0.15) is 92.6 Å². The molecular formula is C33H48F3N3O6. The van der Waals surface area contributed by atoms with Crippen LogP contribution in [0.5, 0.6) is 0 Å². The summed E-state index contributed by atoms with van der Waals surface area (Å²) in [5.41, 5.74) is 2.63. The van der Waals surface area contributed by atoms with Crippen LogP contribution < -0.4 is 0 Å². The maximum atomic E-state index is 13.3. The predicted molar refractivity (Wildman–Crippen MR) is 162 cm³/mol. The number of benzene rings is 1. The van der Waals surface area contributed by atoms with E-state index < -0.39 is 12.1 Å². The molecule has 1 N–H and O–H groups in total. The first-order valence-electron chi connectivity index (χ1n) is 16.4. The molecule has 0 aromatic heterocycles. The van der Waals surface area contributed by atoms with Crippen molar-refractivity contribution in [1.29, 1.82) is 0 Å². The lowest BCUT2D eigenvalue weighted by atomic mass is 9.81. The van der Waals surface area contributed by atoms with Gasteiger partial charge in [-0.1, -0.05) is 38.0 Å². The standard InChI is InChI=1S/C31H47N3O4.C2HF3O2/c1-4-5-12-27-31(38-30(36)34(27)22-26-11-6-7-21-37-26)15-19-32(20-16-31)25-13-17-33(18-14-25)29(35)28-23(2)9-8-10-24(28)3;3-2(4,5)1(6)7/h8-10,25-27H,4-7,11-22H2,1-3H3;(H,6,7). The van der Waals surface area contributed by atoms with Crippen molar-refractivity contribution in [1.82, 2.24) is 14.7 Å². The number of hydrogen-bond acceptors (Lipinski definition) is 6. The largest absolute Gasteiger partial charge is 0.490 e. The summed E-state index contributed by atoms with van der Waals surface area (Å²) < 4.78 is 44.0. The van der Waals surface area contributed by atoms with Gasteiger partial charge in [-0.2, -0.15) is 13.2 Å². The summed E-state index contributed by atoms with van der Waals surface area (Å²) in [5, 5.41) is 7.12. The number of carboxylic acid groups (broad SMARTS) is 1. The zero-order valence-corrected chi connectivity index (χ0v) is 26.7. The van der Waals surface area contributed by atoms with Crippen molar-refractivity contribution in [3.63, 3.8) is 0 Å². The lowest BCUT2D eigenvalue weighted by Gasteiger charge is -2.46. The van der Waals surface area contributed by atoms with Crippen molar-refractivity contribution in [3.05, 3.63) is 34.9 Å². The highest BCUT2D eigenvalue weighted by atomic mass is 19.4. The zero-order valence-electron chi connectivity index (χ0n) is 26.7. The van der Waals surface area contributed by atoms with Gasteiger partial charge in [0.05, 0.1) is 18.7 Å². The van der Waals surface area contributed by atoms with Gasteiger partial charge in [0.15, 0.2) is 0 Å². The van der Waals surface area contributed by atoms with E-state index in [0.717, 1.165) is 107 Å². The van der Waals surface area contributed by atoms with Crippen molar-refractivity contribution >= 4 is 18.0 Å². The third-order valence-corrected chi connectivity index (χ3v) is 9.86. The van der Waals surface area contributed by atoms with Gasteiger partial charge in [0, 0.05) is 57.2 Å². The van der Waals surface area contributed by atoms with Crippen molar-refractivity contribution in [3.8, 4) is 0 Å².